The molecule has 0 bridgehead atoms. The zero-order valence-electron chi connectivity index (χ0n) is 11.9. The van der Waals surface area contributed by atoms with Crippen molar-refractivity contribution in [2.24, 2.45) is 5.92 Å². The van der Waals surface area contributed by atoms with Crippen molar-refractivity contribution in [3.8, 4) is 0 Å². The van der Waals surface area contributed by atoms with Crippen molar-refractivity contribution in [3.63, 3.8) is 0 Å². The maximum Gasteiger partial charge on any atom is 0.0235 e. The molecule has 2 aliphatic rings. The average Bonchev–Trinajstić information content (AvgIpc) is 2.93. The number of nitrogens with zero attached hydrogens (tertiary/aromatic N) is 1. The molecule has 0 radical (unpaired) electrons. The van der Waals surface area contributed by atoms with E-state index in [1.54, 1.807) is 0 Å². The molecule has 1 aliphatic heterocycles. The third-order valence-corrected chi connectivity index (χ3v) is 4.66. The molecular weight excluding hydrogens is 232 g/mol. The van der Waals surface area contributed by atoms with Crippen molar-refractivity contribution in [3.05, 3.63) is 35.9 Å². The molecule has 2 heteroatoms. The first-order chi connectivity index (χ1) is 9.40. The molecule has 0 aromatic heterocycles. The normalized spacial score (nSPS) is 25.8. The van der Waals surface area contributed by atoms with Crippen LogP contribution in [0.4, 0.5) is 0 Å². The summed E-state index contributed by atoms with van der Waals surface area (Å²) >= 11 is 0. The van der Waals surface area contributed by atoms with E-state index in [2.05, 4.69) is 40.5 Å². The first-order valence-corrected chi connectivity index (χ1v) is 7.90. The van der Waals surface area contributed by atoms with Crippen LogP contribution in [0.15, 0.2) is 30.3 Å². The van der Waals surface area contributed by atoms with E-state index < -0.39 is 0 Å². The molecule has 1 N–H and O–H groups in total. The van der Waals surface area contributed by atoms with Crippen LogP contribution < -0.4 is 5.32 Å². The molecule has 1 saturated carbocycles. The van der Waals surface area contributed by atoms with Gasteiger partial charge in [-0.3, -0.25) is 0 Å². The molecule has 1 heterocycles. The van der Waals surface area contributed by atoms with Gasteiger partial charge in [-0.05, 0) is 30.7 Å². The zero-order valence-corrected chi connectivity index (χ0v) is 11.9. The molecule has 104 valence electrons. The molecule has 2 fully saturated rings. The van der Waals surface area contributed by atoms with Crippen LogP contribution in [0.2, 0.25) is 0 Å². The predicted molar refractivity (Wildman–Crippen MR) is 80.3 cm³/mol. The molecule has 3 rings (SSSR count). The third kappa shape index (κ3) is 3.80. The van der Waals surface area contributed by atoms with Gasteiger partial charge in [-0.25, -0.2) is 0 Å². The first kappa shape index (κ1) is 13.1. The van der Waals surface area contributed by atoms with Gasteiger partial charge < -0.3 is 10.2 Å². The van der Waals surface area contributed by atoms with Crippen LogP contribution in [0.3, 0.4) is 0 Å². The molecule has 2 nitrogen and oxygen atoms in total. The zero-order chi connectivity index (χ0) is 12.9. The van der Waals surface area contributed by atoms with Crippen molar-refractivity contribution in [1.82, 2.24) is 10.2 Å². The SMILES string of the molecule is c1ccc(CC2CN(CC3CCCC3)CCN2)cc1. The first-order valence-electron chi connectivity index (χ1n) is 7.90. The van der Waals surface area contributed by atoms with E-state index >= 15 is 0 Å². The molecule has 1 aromatic carbocycles. The highest BCUT2D eigenvalue weighted by molar-refractivity contribution is 5.16. The summed E-state index contributed by atoms with van der Waals surface area (Å²) in [6, 6.07) is 11.5. The van der Waals surface area contributed by atoms with E-state index in [0.717, 1.165) is 12.5 Å². The van der Waals surface area contributed by atoms with Gasteiger partial charge in [0, 0.05) is 32.2 Å². The highest BCUT2D eigenvalue weighted by Gasteiger charge is 2.23. The summed E-state index contributed by atoms with van der Waals surface area (Å²) in [6.07, 6.45) is 7.02. The van der Waals surface area contributed by atoms with Gasteiger partial charge in [0.2, 0.25) is 0 Å². The van der Waals surface area contributed by atoms with Gasteiger partial charge in [0.15, 0.2) is 0 Å². The molecule has 19 heavy (non-hydrogen) atoms. The minimum absolute atomic E-state index is 0.637. The van der Waals surface area contributed by atoms with Crippen LogP contribution in [-0.2, 0) is 6.42 Å². The predicted octanol–water partition coefficient (Wildman–Crippen LogP) is 2.69. The van der Waals surface area contributed by atoms with Gasteiger partial charge in [-0.2, -0.15) is 0 Å². The number of hydrogen-bond acceptors (Lipinski definition) is 2. The number of nitrogens with one attached hydrogen (secondary N) is 1. The van der Waals surface area contributed by atoms with Crippen LogP contribution >= 0.6 is 0 Å². The highest BCUT2D eigenvalue weighted by atomic mass is 15.2. The standard InChI is InChI=1S/C17H26N2/c1-2-6-15(7-3-1)12-17-14-19(11-10-18-17)13-16-8-4-5-9-16/h1-3,6-7,16-18H,4-5,8-14H2. The van der Waals surface area contributed by atoms with Crippen molar-refractivity contribution in [2.45, 2.75) is 38.1 Å². The number of hydrogen-bond donors (Lipinski definition) is 1. The maximum atomic E-state index is 3.68. The van der Waals surface area contributed by atoms with E-state index in [9.17, 15) is 0 Å². The number of benzene rings is 1. The number of piperazine rings is 1. The Labute approximate surface area is 117 Å². The lowest BCUT2D eigenvalue weighted by molar-refractivity contribution is 0.173. The second-order valence-corrected chi connectivity index (χ2v) is 6.25. The molecule has 1 atom stereocenters. The summed E-state index contributed by atoms with van der Waals surface area (Å²) in [6.45, 7) is 4.96. The lowest BCUT2D eigenvalue weighted by Gasteiger charge is -2.35. The van der Waals surface area contributed by atoms with Gasteiger partial charge >= 0.3 is 0 Å². The maximum absolute atomic E-state index is 3.68. The number of rotatable bonds is 4. The Kier molecular flexibility index (Phi) is 4.52. The Hall–Kier alpha value is -0.860. The topological polar surface area (TPSA) is 15.3 Å². The summed E-state index contributed by atoms with van der Waals surface area (Å²) in [5, 5.41) is 3.68. The molecule has 0 spiro atoms. The van der Waals surface area contributed by atoms with Crippen molar-refractivity contribution >= 4 is 0 Å². The van der Waals surface area contributed by atoms with Gasteiger partial charge in [0.1, 0.15) is 0 Å². The molecule has 1 aliphatic carbocycles. The van der Waals surface area contributed by atoms with E-state index in [-0.39, 0.29) is 0 Å². The molecule has 0 amide bonds. The van der Waals surface area contributed by atoms with Crippen LogP contribution in [0, 0.1) is 5.92 Å². The van der Waals surface area contributed by atoms with Gasteiger partial charge in [-0.15, -0.1) is 0 Å². The van der Waals surface area contributed by atoms with E-state index in [4.69, 9.17) is 0 Å². The Morgan fingerprint density at radius 1 is 1.11 bits per heavy atom. The lowest BCUT2D eigenvalue weighted by atomic mass is 10.0. The smallest absolute Gasteiger partial charge is 0.0235 e. The van der Waals surface area contributed by atoms with Gasteiger partial charge in [-0.1, -0.05) is 43.2 Å². The quantitative estimate of drug-likeness (QED) is 0.893. The van der Waals surface area contributed by atoms with Gasteiger partial charge in [0.05, 0.1) is 0 Å². The van der Waals surface area contributed by atoms with Crippen LogP contribution in [0.25, 0.3) is 0 Å². The Bertz CT molecular complexity index is 370. The van der Waals surface area contributed by atoms with E-state index in [0.29, 0.717) is 6.04 Å². The van der Waals surface area contributed by atoms with Crippen molar-refractivity contribution in [1.29, 1.82) is 0 Å². The van der Waals surface area contributed by atoms with Gasteiger partial charge in [0.25, 0.3) is 0 Å². The Balaban J connectivity index is 1.50. The summed E-state index contributed by atoms with van der Waals surface area (Å²) < 4.78 is 0. The van der Waals surface area contributed by atoms with E-state index in [1.807, 2.05) is 0 Å². The fourth-order valence-corrected chi connectivity index (χ4v) is 3.65. The second-order valence-electron chi connectivity index (χ2n) is 6.25. The Morgan fingerprint density at radius 2 is 1.89 bits per heavy atom. The van der Waals surface area contributed by atoms with E-state index in [1.165, 1.54) is 57.3 Å². The lowest BCUT2D eigenvalue weighted by Crippen LogP contribution is -2.52. The Morgan fingerprint density at radius 3 is 2.68 bits per heavy atom. The van der Waals surface area contributed by atoms with Crippen molar-refractivity contribution < 1.29 is 0 Å². The molecule has 1 aromatic rings. The molecular formula is C17H26N2. The van der Waals surface area contributed by atoms with Crippen molar-refractivity contribution in [2.75, 3.05) is 26.2 Å². The third-order valence-electron chi connectivity index (χ3n) is 4.66. The van der Waals surface area contributed by atoms with Crippen LogP contribution in [-0.4, -0.2) is 37.1 Å². The minimum Gasteiger partial charge on any atom is -0.311 e. The largest absolute Gasteiger partial charge is 0.311 e. The molecule has 1 saturated heterocycles. The fraction of sp³-hybridized carbons (Fsp3) is 0.647. The summed E-state index contributed by atoms with van der Waals surface area (Å²) in [5.74, 6) is 0.982. The highest BCUT2D eigenvalue weighted by Crippen LogP contribution is 2.25. The minimum atomic E-state index is 0.637. The summed E-state index contributed by atoms with van der Waals surface area (Å²) in [5.41, 5.74) is 1.46. The monoisotopic (exact) mass is 258 g/mol. The molecule has 1 unspecified atom stereocenters. The van der Waals surface area contributed by atoms with Crippen LogP contribution in [0.1, 0.15) is 31.2 Å². The van der Waals surface area contributed by atoms with Crippen LogP contribution in [0.5, 0.6) is 0 Å². The summed E-state index contributed by atoms with van der Waals surface area (Å²) in [4.78, 5) is 2.69. The average molecular weight is 258 g/mol. The fourth-order valence-electron chi connectivity index (χ4n) is 3.65. The second kappa shape index (κ2) is 6.53. The summed E-state index contributed by atoms with van der Waals surface area (Å²) in [7, 11) is 0.